The third-order valence-corrected chi connectivity index (χ3v) is 5.71. The fourth-order valence-corrected chi connectivity index (χ4v) is 4.13. The van der Waals surface area contributed by atoms with Gasteiger partial charge in [-0.1, -0.05) is 48.5 Å². The number of aromatic nitrogens is 6. The molecule has 4 aromatic rings. The Kier molecular flexibility index (Phi) is 5.74. The van der Waals surface area contributed by atoms with Crippen molar-refractivity contribution in [2.75, 3.05) is 0 Å². The van der Waals surface area contributed by atoms with Gasteiger partial charge in [-0.15, -0.1) is 10.2 Å². The van der Waals surface area contributed by atoms with E-state index in [0.717, 1.165) is 36.2 Å². The number of rotatable bonds is 8. The summed E-state index contributed by atoms with van der Waals surface area (Å²) in [6, 6.07) is 19.9. The van der Waals surface area contributed by atoms with Gasteiger partial charge in [-0.05, 0) is 48.6 Å². The lowest BCUT2D eigenvalue weighted by Crippen LogP contribution is -2.23. The minimum absolute atomic E-state index is 0.00871. The molecule has 0 saturated carbocycles. The summed E-state index contributed by atoms with van der Waals surface area (Å²) in [6.07, 6.45) is 4.24. The van der Waals surface area contributed by atoms with Crippen LogP contribution in [-0.4, -0.2) is 35.9 Å². The molecule has 0 bridgehead atoms. The molecule has 2 heterocycles. The minimum Gasteiger partial charge on any atom is -0.350 e. The molecule has 162 valence electrons. The topological polar surface area (TPSA) is 90.5 Å². The number of carbonyl (C=O) groups is 1. The molecule has 0 atom stereocenters. The predicted molar refractivity (Wildman–Crippen MR) is 120 cm³/mol. The fraction of sp³-hybridized carbons (Fsp3) is 0.292. The van der Waals surface area contributed by atoms with Gasteiger partial charge in [0.25, 0.3) is 0 Å². The van der Waals surface area contributed by atoms with Crippen LogP contribution < -0.4 is 5.32 Å². The Morgan fingerprint density at radius 1 is 0.969 bits per heavy atom. The summed E-state index contributed by atoms with van der Waals surface area (Å²) >= 11 is 0. The van der Waals surface area contributed by atoms with Crippen molar-refractivity contribution in [3.8, 4) is 17.1 Å². The number of nitrogens with one attached hydrogen (secondary N) is 1. The van der Waals surface area contributed by atoms with Gasteiger partial charge >= 0.3 is 0 Å². The Labute approximate surface area is 186 Å². The molecule has 8 heteroatoms. The molecular formula is C24H25N7O. The van der Waals surface area contributed by atoms with Crippen molar-refractivity contribution < 1.29 is 4.79 Å². The van der Waals surface area contributed by atoms with Crippen LogP contribution in [0.3, 0.4) is 0 Å². The molecule has 2 aromatic heterocycles. The highest BCUT2D eigenvalue weighted by Gasteiger charge is 2.23. The first-order valence-electron chi connectivity index (χ1n) is 11.0. The normalized spacial score (nSPS) is 12.6. The number of hydrogen-bond acceptors (Lipinski definition) is 5. The molecule has 0 aliphatic heterocycles. The van der Waals surface area contributed by atoms with Gasteiger partial charge in [0.15, 0.2) is 0 Å². The van der Waals surface area contributed by atoms with Crippen molar-refractivity contribution in [1.82, 2.24) is 35.3 Å². The standard InChI is InChI=1S/C24H25N7O/c32-23(15-8-16-30-28-24(26-29-30)18-9-3-1-4-10-18)25-17-21-20-13-7-14-22(20)31(27-21)19-11-5-2-6-12-19/h1-6,9-12H,7-8,13-17H2,(H,25,32). The molecule has 0 spiro atoms. The van der Waals surface area contributed by atoms with E-state index >= 15 is 0 Å². The number of carbonyl (C=O) groups excluding carboxylic acids is 1. The summed E-state index contributed by atoms with van der Waals surface area (Å²) in [4.78, 5) is 13.9. The predicted octanol–water partition coefficient (Wildman–Crippen LogP) is 3.11. The Balaban J connectivity index is 1.14. The summed E-state index contributed by atoms with van der Waals surface area (Å²) in [5.74, 6) is 0.604. The lowest BCUT2D eigenvalue weighted by molar-refractivity contribution is -0.121. The lowest BCUT2D eigenvalue weighted by atomic mass is 10.2. The summed E-state index contributed by atoms with van der Waals surface area (Å²) in [5.41, 5.74) is 5.53. The molecule has 0 fully saturated rings. The zero-order chi connectivity index (χ0) is 21.8. The summed E-state index contributed by atoms with van der Waals surface area (Å²) in [7, 11) is 0. The zero-order valence-electron chi connectivity index (χ0n) is 17.8. The Bertz CT molecular complexity index is 1200. The first kappa shape index (κ1) is 20.1. The highest BCUT2D eigenvalue weighted by molar-refractivity contribution is 5.75. The summed E-state index contributed by atoms with van der Waals surface area (Å²) in [6.45, 7) is 1.01. The average molecular weight is 428 g/mol. The van der Waals surface area contributed by atoms with E-state index in [9.17, 15) is 4.79 Å². The van der Waals surface area contributed by atoms with Crippen LogP contribution >= 0.6 is 0 Å². The number of tetrazole rings is 1. The molecule has 0 radical (unpaired) electrons. The van der Waals surface area contributed by atoms with E-state index in [1.807, 2.05) is 53.2 Å². The second kappa shape index (κ2) is 9.13. The SMILES string of the molecule is O=C(CCCn1nnc(-c2ccccc2)n1)NCc1nn(-c2ccccc2)c2c1CCC2. The molecule has 1 aliphatic rings. The highest BCUT2D eigenvalue weighted by Crippen LogP contribution is 2.27. The lowest BCUT2D eigenvalue weighted by Gasteiger charge is -2.05. The van der Waals surface area contributed by atoms with Gasteiger partial charge in [-0.25, -0.2) is 4.68 Å². The summed E-state index contributed by atoms with van der Waals surface area (Å²) in [5, 5.41) is 20.4. The average Bonchev–Trinajstić information content (AvgIpc) is 3.56. The monoisotopic (exact) mass is 427 g/mol. The van der Waals surface area contributed by atoms with Crippen molar-refractivity contribution in [3.63, 3.8) is 0 Å². The molecule has 2 aromatic carbocycles. The number of fused-ring (bicyclic) bond motifs is 1. The van der Waals surface area contributed by atoms with Gasteiger partial charge in [-0.3, -0.25) is 4.79 Å². The van der Waals surface area contributed by atoms with Crippen LogP contribution in [0.25, 0.3) is 17.1 Å². The minimum atomic E-state index is 0.00871. The molecule has 0 saturated heterocycles. The molecular weight excluding hydrogens is 402 g/mol. The molecule has 8 nitrogen and oxygen atoms in total. The van der Waals surface area contributed by atoms with Gasteiger partial charge in [0, 0.05) is 17.7 Å². The Hall–Kier alpha value is -3.81. The van der Waals surface area contributed by atoms with E-state index in [1.54, 1.807) is 4.80 Å². The van der Waals surface area contributed by atoms with Crippen molar-refractivity contribution in [3.05, 3.63) is 77.6 Å². The number of para-hydroxylation sites is 1. The maximum Gasteiger partial charge on any atom is 0.220 e. The fourth-order valence-electron chi connectivity index (χ4n) is 4.13. The van der Waals surface area contributed by atoms with Gasteiger partial charge < -0.3 is 5.32 Å². The van der Waals surface area contributed by atoms with E-state index < -0.39 is 0 Å². The Morgan fingerprint density at radius 3 is 2.56 bits per heavy atom. The van der Waals surface area contributed by atoms with Crippen LogP contribution in [-0.2, 0) is 30.7 Å². The second-order valence-electron chi connectivity index (χ2n) is 7.93. The maximum absolute atomic E-state index is 12.4. The van der Waals surface area contributed by atoms with E-state index in [4.69, 9.17) is 5.10 Å². The third kappa shape index (κ3) is 4.30. The first-order valence-corrected chi connectivity index (χ1v) is 11.0. The molecule has 1 amide bonds. The van der Waals surface area contributed by atoms with E-state index in [-0.39, 0.29) is 5.91 Å². The second-order valence-corrected chi connectivity index (χ2v) is 7.93. The number of nitrogens with zero attached hydrogens (tertiary/aromatic N) is 6. The van der Waals surface area contributed by atoms with E-state index in [0.29, 0.717) is 31.8 Å². The van der Waals surface area contributed by atoms with Crippen LogP contribution in [0.4, 0.5) is 0 Å². The van der Waals surface area contributed by atoms with Gasteiger partial charge in [0.2, 0.25) is 11.7 Å². The van der Waals surface area contributed by atoms with Crippen LogP contribution in [0.5, 0.6) is 0 Å². The molecule has 5 rings (SSSR count). The van der Waals surface area contributed by atoms with Gasteiger partial charge in [0.1, 0.15) is 0 Å². The van der Waals surface area contributed by atoms with Crippen molar-refractivity contribution in [2.45, 2.75) is 45.2 Å². The van der Waals surface area contributed by atoms with Gasteiger partial charge in [0.05, 0.1) is 24.5 Å². The first-order chi connectivity index (χ1) is 15.8. The maximum atomic E-state index is 12.4. The van der Waals surface area contributed by atoms with E-state index in [2.05, 4.69) is 32.9 Å². The van der Waals surface area contributed by atoms with Crippen molar-refractivity contribution >= 4 is 5.91 Å². The number of amides is 1. The molecule has 1 N–H and O–H groups in total. The van der Waals surface area contributed by atoms with Crippen molar-refractivity contribution in [2.24, 2.45) is 0 Å². The van der Waals surface area contributed by atoms with E-state index in [1.165, 1.54) is 11.3 Å². The third-order valence-electron chi connectivity index (χ3n) is 5.71. The zero-order valence-corrected chi connectivity index (χ0v) is 17.8. The molecule has 1 aliphatic carbocycles. The highest BCUT2D eigenvalue weighted by atomic mass is 16.1. The number of aryl methyl sites for hydroxylation is 1. The Morgan fingerprint density at radius 2 is 1.75 bits per heavy atom. The van der Waals surface area contributed by atoms with Crippen LogP contribution in [0.1, 0.15) is 36.2 Å². The summed E-state index contributed by atoms with van der Waals surface area (Å²) < 4.78 is 2.03. The quantitative estimate of drug-likeness (QED) is 0.467. The largest absolute Gasteiger partial charge is 0.350 e. The number of benzene rings is 2. The van der Waals surface area contributed by atoms with Crippen LogP contribution in [0.15, 0.2) is 60.7 Å². The molecule has 32 heavy (non-hydrogen) atoms. The smallest absolute Gasteiger partial charge is 0.220 e. The van der Waals surface area contributed by atoms with Crippen LogP contribution in [0.2, 0.25) is 0 Å². The molecule has 0 unspecified atom stereocenters. The van der Waals surface area contributed by atoms with Crippen molar-refractivity contribution in [1.29, 1.82) is 0 Å². The van der Waals surface area contributed by atoms with Crippen LogP contribution in [0, 0.1) is 0 Å². The van der Waals surface area contributed by atoms with Gasteiger partial charge in [-0.2, -0.15) is 9.90 Å². The number of hydrogen-bond donors (Lipinski definition) is 1.